The van der Waals surface area contributed by atoms with E-state index in [1.807, 2.05) is 29.5 Å². The zero-order valence-electron chi connectivity index (χ0n) is 10.9. The van der Waals surface area contributed by atoms with Gasteiger partial charge in [-0.3, -0.25) is 0 Å². The molecule has 18 heavy (non-hydrogen) atoms. The molecule has 0 unspecified atom stereocenters. The number of rotatable bonds is 6. The number of anilines is 2. The molecule has 2 aromatic rings. The summed E-state index contributed by atoms with van der Waals surface area (Å²) in [6.07, 6.45) is 1.10. The Kier molecular flexibility index (Phi) is 4.59. The van der Waals surface area contributed by atoms with Gasteiger partial charge in [-0.05, 0) is 37.6 Å². The first kappa shape index (κ1) is 12.9. The molecular formula is C14H19N3S. The summed E-state index contributed by atoms with van der Waals surface area (Å²) in [6.45, 7) is 6.07. The predicted molar refractivity (Wildman–Crippen MR) is 79.4 cm³/mol. The minimum atomic E-state index is 0.836. The van der Waals surface area contributed by atoms with Crippen LogP contribution in [0.25, 0.3) is 0 Å². The van der Waals surface area contributed by atoms with Gasteiger partial charge >= 0.3 is 0 Å². The molecular weight excluding hydrogens is 242 g/mol. The van der Waals surface area contributed by atoms with Crippen molar-refractivity contribution in [1.29, 1.82) is 0 Å². The van der Waals surface area contributed by atoms with Gasteiger partial charge in [0.1, 0.15) is 11.6 Å². The summed E-state index contributed by atoms with van der Waals surface area (Å²) in [7, 11) is 0. The molecule has 0 aliphatic carbocycles. The molecule has 0 bridgehead atoms. The molecule has 4 heteroatoms. The SMILES string of the molecule is CCCNc1cccc(NCc2ccc(C)s2)n1. The largest absolute Gasteiger partial charge is 0.370 e. The molecule has 0 amide bonds. The van der Waals surface area contributed by atoms with Gasteiger partial charge in [-0.1, -0.05) is 13.0 Å². The average Bonchev–Trinajstić information content (AvgIpc) is 2.80. The molecule has 0 saturated carbocycles. The summed E-state index contributed by atoms with van der Waals surface area (Å²) in [6, 6.07) is 10.3. The summed E-state index contributed by atoms with van der Waals surface area (Å²) in [5.74, 6) is 1.85. The number of hydrogen-bond donors (Lipinski definition) is 2. The van der Waals surface area contributed by atoms with Crippen LogP contribution in [-0.4, -0.2) is 11.5 Å². The van der Waals surface area contributed by atoms with Crippen molar-refractivity contribution in [2.45, 2.75) is 26.8 Å². The van der Waals surface area contributed by atoms with E-state index in [-0.39, 0.29) is 0 Å². The fourth-order valence-electron chi connectivity index (χ4n) is 1.64. The van der Waals surface area contributed by atoms with Gasteiger partial charge in [0.05, 0.1) is 6.54 Å². The molecule has 0 fully saturated rings. The third-order valence-corrected chi connectivity index (χ3v) is 3.55. The lowest BCUT2D eigenvalue weighted by Gasteiger charge is -2.07. The number of thiophene rings is 1. The lowest BCUT2D eigenvalue weighted by molar-refractivity contribution is 0.968. The number of aryl methyl sites for hydroxylation is 1. The topological polar surface area (TPSA) is 37.0 Å². The molecule has 0 spiro atoms. The van der Waals surface area contributed by atoms with E-state index in [0.717, 1.165) is 31.1 Å². The third-order valence-electron chi connectivity index (χ3n) is 2.54. The zero-order valence-corrected chi connectivity index (χ0v) is 11.7. The Bertz CT molecular complexity index is 493. The van der Waals surface area contributed by atoms with E-state index in [4.69, 9.17) is 0 Å². The monoisotopic (exact) mass is 261 g/mol. The molecule has 2 N–H and O–H groups in total. The molecule has 3 nitrogen and oxygen atoms in total. The van der Waals surface area contributed by atoms with E-state index in [0.29, 0.717) is 0 Å². The number of nitrogens with zero attached hydrogens (tertiary/aromatic N) is 1. The smallest absolute Gasteiger partial charge is 0.128 e. The molecule has 2 rings (SSSR count). The van der Waals surface area contributed by atoms with Gasteiger partial charge < -0.3 is 10.6 Å². The number of nitrogens with one attached hydrogen (secondary N) is 2. The van der Waals surface area contributed by atoms with Crippen LogP contribution in [0.1, 0.15) is 23.1 Å². The first-order valence-corrected chi connectivity index (χ1v) is 7.09. The molecule has 0 saturated heterocycles. The van der Waals surface area contributed by atoms with Crippen LogP contribution in [-0.2, 0) is 6.54 Å². The normalized spacial score (nSPS) is 10.3. The maximum atomic E-state index is 4.51. The van der Waals surface area contributed by atoms with Crippen LogP contribution in [0.3, 0.4) is 0 Å². The van der Waals surface area contributed by atoms with E-state index in [2.05, 4.69) is 41.6 Å². The van der Waals surface area contributed by atoms with Crippen molar-refractivity contribution in [3.05, 3.63) is 40.1 Å². The standard InChI is InChI=1S/C14H19N3S/c1-3-9-15-13-5-4-6-14(17-13)16-10-12-8-7-11(2)18-12/h4-8H,3,9-10H2,1-2H3,(H2,15,16,17). The Balaban J connectivity index is 1.92. The second-order valence-corrected chi connectivity index (χ2v) is 5.57. The summed E-state index contributed by atoms with van der Waals surface area (Å²) in [5, 5.41) is 6.64. The van der Waals surface area contributed by atoms with Crippen molar-refractivity contribution in [2.24, 2.45) is 0 Å². The Labute approximate surface area is 112 Å². The second-order valence-electron chi connectivity index (χ2n) is 4.20. The van der Waals surface area contributed by atoms with Gasteiger partial charge in [0.15, 0.2) is 0 Å². The molecule has 0 aliphatic rings. The van der Waals surface area contributed by atoms with Gasteiger partial charge in [0.25, 0.3) is 0 Å². The minimum Gasteiger partial charge on any atom is -0.370 e. The number of hydrogen-bond acceptors (Lipinski definition) is 4. The van der Waals surface area contributed by atoms with Gasteiger partial charge in [-0.2, -0.15) is 0 Å². The van der Waals surface area contributed by atoms with Crippen molar-refractivity contribution >= 4 is 23.0 Å². The highest BCUT2D eigenvalue weighted by Crippen LogP contribution is 2.17. The van der Waals surface area contributed by atoms with Gasteiger partial charge in [0.2, 0.25) is 0 Å². The van der Waals surface area contributed by atoms with Crippen molar-refractivity contribution in [2.75, 3.05) is 17.2 Å². The van der Waals surface area contributed by atoms with E-state index >= 15 is 0 Å². The highest BCUT2D eigenvalue weighted by atomic mass is 32.1. The van der Waals surface area contributed by atoms with Crippen LogP contribution in [0.4, 0.5) is 11.6 Å². The van der Waals surface area contributed by atoms with Crippen molar-refractivity contribution < 1.29 is 0 Å². The first-order valence-electron chi connectivity index (χ1n) is 6.28. The summed E-state index contributed by atoms with van der Waals surface area (Å²) in [4.78, 5) is 7.19. The van der Waals surface area contributed by atoms with Crippen LogP contribution < -0.4 is 10.6 Å². The van der Waals surface area contributed by atoms with Crippen molar-refractivity contribution in [1.82, 2.24) is 4.98 Å². The van der Waals surface area contributed by atoms with E-state index < -0.39 is 0 Å². The molecule has 2 heterocycles. The van der Waals surface area contributed by atoms with Crippen LogP contribution in [0.5, 0.6) is 0 Å². The summed E-state index contributed by atoms with van der Waals surface area (Å²) >= 11 is 1.82. The highest BCUT2D eigenvalue weighted by Gasteiger charge is 1.99. The lowest BCUT2D eigenvalue weighted by Crippen LogP contribution is -2.04. The Morgan fingerprint density at radius 2 is 1.89 bits per heavy atom. The highest BCUT2D eigenvalue weighted by molar-refractivity contribution is 7.11. The average molecular weight is 261 g/mol. The third kappa shape index (κ3) is 3.74. The predicted octanol–water partition coefficient (Wildman–Crippen LogP) is 3.89. The van der Waals surface area contributed by atoms with Gasteiger partial charge in [-0.25, -0.2) is 4.98 Å². The van der Waals surface area contributed by atoms with Crippen molar-refractivity contribution in [3.8, 4) is 0 Å². The Hall–Kier alpha value is -1.55. The summed E-state index contributed by atoms with van der Waals surface area (Å²) in [5.41, 5.74) is 0. The zero-order chi connectivity index (χ0) is 12.8. The lowest BCUT2D eigenvalue weighted by atomic mass is 10.4. The van der Waals surface area contributed by atoms with E-state index in [1.165, 1.54) is 9.75 Å². The van der Waals surface area contributed by atoms with Gasteiger partial charge in [0, 0.05) is 16.3 Å². The maximum absolute atomic E-state index is 4.51. The Morgan fingerprint density at radius 3 is 2.56 bits per heavy atom. The van der Waals surface area contributed by atoms with Crippen molar-refractivity contribution in [3.63, 3.8) is 0 Å². The maximum Gasteiger partial charge on any atom is 0.128 e. The quantitative estimate of drug-likeness (QED) is 0.828. The first-order chi connectivity index (χ1) is 8.78. The molecule has 0 atom stereocenters. The second kappa shape index (κ2) is 6.40. The number of aromatic nitrogens is 1. The summed E-state index contributed by atoms with van der Waals surface area (Å²) < 4.78 is 0. The van der Waals surface area contributed by atoms with E-state index in [1.54, 1.807) is 0 Å². The van der Waals surface area contributed by atoms with Crippen LogP contribution in [0.2, 0.25) is 0 Å². The van der Waals surface area contributed by atoms with Gasteiger partial charge in [-0.15, -0.1) is 11.3 Å². The fourth-order valence-corrected chi connectivity index (χ4v) is 2.47. The Morgan fingerprint density at radius 1 is 1.11 bits per heavy atom. The van der Waals surface area contributed by atoms with Crippen LogP contribution in [0, 0.1) is 6.92 Å². The molecule has 96 valence electrons. The molecule has 2 aromatic heterocycles. The minimum absolute atomic E-state index is 0.836. The van der Waals surface area contributed by atoms with Crippen LogP contribution in [0.15, 0.2) is 30.3 Å². The van der Waals surface area contributed by atoms with Crippen LogP contribution >= 0.6 is 11.3 Å². The molecule has 0 aliphatic heterocycles. The fraction of sp³-hybridized carbons (Fsp3) is 0.357. The van der Waals surface area contributed by atoms with E-state index in [9.17, 15) is 0 Å². The number of pyridine rings is 1. The molecule has 0 radical (unpaired) electrons. The molecule has 0 aromatic carbocycles.